The Balaban J connectivity index is 1.26. The van der Waals surface area contributed by atoms with Crippen LogP contribution >= 0.6 is 23.3 Å². The van der Waals surface area contributed by atoms with E-state index in [1.165, 1.54) is 19.3 Å². The zero-order valence-corrected chi connectivity index (χ0v) is 20.0. The van der Waals surface area contributed by atoms with Gasteiger partial charge in [0.15, 0.2) is 0 Å². The topological polar surface area (TPSA) is 69.7 Å². The van der Waals surface area contributed by atoms with Crippen molar-refractivity contribution in [3.8, 4) is 0 Å². The van der Waals surface area contributed by atoms with E-state index in [-0.39, 0.29) is 23.8 Å². The summed E-state index contributed by atoms with van der Waals surface area (Å²) in [6.07, 6.45) is 11.3. The number of hydrogen-bond acceptors (Lipinski definition) is 3. The van der Waals surface area contributed by atoms with Crippen LogP contribution in [0.2, 0.25) is 0 Å². The second-order valence-corrected chi connectivity index (χ2v) is 18.5. The summed E-state index contributed by atoms with van der Waals surface area (Å²) >= 11 is 3.53. The van der Waals surface area contributed by atoms with Crippen molar-refractivity contribution in [2.24, 2.45) is 23.2 Å². The molecule has 5 aliphatic rings. The minimum Gasteiger partial charge on any atom is -0.346 e. The number of piperazine rings is 1. The minimum atomic E-state index is -1.10. The molecule has 4 aliphatic carbocycles. The van der Waals surface area contributed by atoms with Crippen molar-refractivity contribution in [2.45, 2.75) is 38.5 Å². The lowest BCUT2D eigenvalue weighted by Gasteiger charge is -2.57. The van der Waals surface area contributed by atoms with Crippen LogP contribution in [0.4, 0.5) is 0 Å². The first-order valence-electron chi connectivity index (χ1n) is 10.9. The molecule has 0 radical (unpaired) electrons. The SMILES string of the molecule is CS(C)(Br)CC(=O)NCC(=O)N1CCN(C(=O)C23CC4CC(CC(C4)C2)C3)CC1. The van der Waals surface area contributed by atoms with Gasteiger partial charge in [-0.3, -0.25) is 14.4 Å². The molecule has 6 nitrogen and oxygen atoms in total. The van der Waals surface area contributed by atoms with Crippen LogP contribution in [0.3, 0.4) is 0 Å². The van der Waals surface area contributed by atoms with Gasteiger partial charge in [-0.2, -0.15) is 8.46 Å². The molecule has 0 unspecified atom stereocenters. The number of nitrogens with one attached hydrogen (secondary N) is 1. The smallest absolute Gasteiger partial charge is 0.242 e. The van der Waals surface area contributed by atoms with Crippen molar-refractivity contribution in [3.05, 3.63) is 0 Å². The normalized spacial score (nSPS) is 34.2. The molecule has 0 aromatic heterocycles. The molecule has 0 spiro atoms. The summed E-state index contributed by atoms with van der Waals surface area (Å²) < 4.78 is 0. The van der Waals surface area contributed by atoms with Crippen molar-refractivity contribution in [2.75, 3.05) is 51.0 Å². The van der Waals surface area contributed by atoms with E-state index in [0.29, 0.717) is 37.8 Å². The van der Waals surface area contributed by atoms with Gasteiger partial charge in [0.25, 0.3) is 0 Å². The van der Waals surface area contributed by atoms with Crippen LogP contribution < -0.4 is 5.32 Å². The molecular formula is C21H34BrN3O3S. The predicted octanol–water partition coefficient (Wildman–Crippen LogP) is 2.36. The van der Waals surface area contributed by atoms with E-state index < -0.39 is 8.46 Å². The highest BCUT2D eigenvalue weighted by Crippen LogP contribution is 2.60. The van der Waals surface area contributed by atoms with E-state index in [0.717, 1.165) is 37.0 Å². The van der Waals surface area contributed by atoms with E-state index in [2.05, 4.69) is 20.1 Å². The fraction of sp³-hybridized carbons (Fsp3) is 0.857. The van der Waals surface area contributed by atoms with Gasteiger partial charge in [0.1, 0.15) is 0 Å². The summed E-state index contributed by atoms with van der Waals surface area (Å²) in [6, 6.07) is 0. The fourth-order valence-electron chi connectivity index (χ4n) is 6.52. The molecule has 1 heterocycles. The second kappa shape index (κ2) is 8.06. The average Bonchev–Trinajstić information content (AvgIpc) is 2.63. The Labute approximate surface area is 183 Å². The maximum Gasteiger partial charge on any atom is 0.242 e. The molecule has 164 valence electrons. The molecule has 5 fully saturated rings. The van der Waals surface area contributed by atoms with Gasteiger partial charge in [-0.25, -0.2) is 0 Å². The van der Waals surface area contributed by atoms with Gasteiger partial charge in [-0.15, -0.1) is 0 Å². The zero-order valence-electron chi connectivity index (χ0n) is 17.6. The van der Waals surface area contributed by atoms with Crippen LogP contribution in [-0.4, -0.2) is 78.5 Å². The lowest BCUT2D eigenvalue weighted by molar-refractivity contribution is -0.160. The highest BCUT2D eigenvalue weighted by atomic mass is 79.9. The Morgan fingerprint density at radius 1 is 0.931 bits per heavy atom. The molecule has 5 rings (SSSR count). The number of carbonyl (C=O) groups excluding carboxylic acids is 3. The van der Waals surface area contributed by atoms with Crippen LogP contribution in [0.25, 0.3) is 0 Å². The predicted molar refractivity (Wildman–Crippen MR) is 120 cm³/mol. The van der Waals surface area contributed by atoms with Crippen LogP contribution in [0, 0.1) is 23.2 Å². The molecule has 4 bridgehead atoms. The summed E-state index contributed by atoms with van der Waals surface area (Å²) in [7, 11) is -1.10. The average molecular weight is 488 g/mol. The quantitative estimate of drug-likeness (QED) is 0.646. The number of rotatable bonds is 5. The minimum absolute atomic E-state index is 0.0459. The standard InChI is InChI=1S/C21H34BrN3O3S/c1-29(2,22)14-18(26)23-13-19(27)24-3-5-25(6-4-24)20(28)21-10-15-7-16(11-21)9-17(8-15)12-21/h15-17H,3-14H2,1-2H3,(H,23,26). The van der Waals surface area contributed by atoms with E-state index >= 15 is 0 Å². The second-order valence-electron chi connectivity index (χ2n) is 10.2. The van der Waals surface area contributed by atoms with E-state index in [1.807, 2.05) is 17.4 Å². The van der Waals surface area contributed by atoms with Gasteiger partial charge >= 0.3 is 0 Å². The molecule has 4 saturated carbocycles. The van der Waals surface area contributed by atoms with Gasteiger partial charge in [0.2, 0.25) is 17.7 Å². The molecule has 1 aliphatic heterocycles. The summed E-state index contributed by atoms with van der Waals surface area (Å²) in [5.74, 6) is 2.93. The summed E-state index contributed by atoms with van der Waals surface area (Å²) in [4.78, 5) is 41.7. The lowest BCUT2D eigenvalue weighted by Crippen LogP contribution is -2.59. The maximum absolute atomic E-state index is 13.4. The third kappa shape index (κ3) is 4.78. The Morgan fingerprint density at radius 3 is 1.90 bits per heavy atom. The van der Waals surface area contributed by atoms with Crippen molar-refractivity contribution >= 4 is 41.0 Å². The molecule has 8 heteroatoms. The summed E-state index contributed by atoms with van der Waals surface area (Å²) in [6.45, 7) is 2.44. The molecule has 1 N–H and O–H groups in total. The molecule has 3 amide bonds. The molecule has 0 aromatic carbocycles. The first-order valence-corrected chi connectivity index (χ1v) is 15.3. The Morgan fingerprint density at radius 2 is 1.41 bits per heavy atom. The van der Waals surface area contributed by atoms with Gasteiger partial charge < -0.3 is 15.1 Å². The maximum atomic E-state index is 13.4. The number of nitrogens with zero attached hydrogens (tertiary/aromatic N) is 2. The highest BCUT2D eigenvalue weighted by molar-refractivity contribution is 9.58. The molecule has 29 heavy (non-hydrogen) atoms. The number of halogens is 1. The first-order chi connectivity index (χ1) is 13.6. The monoisotopic (exact) mass is 487 g/mol. The fourth-order valence-corrected chi connectivity index (χ4v) is 7.86. The van der Waals surface area contributed by atoms with Crippen LogP contribution in [0.5, 0.6) is 0 Å². The Bertz CT molecular complexity index is 650. The van der Waals surface area contributed by atoms with Gasteiger partial charge in [-0.05, 0) is 83.6 Å². The Hall–Kier alpha value is -0.760. The number of amides is 3. The van der Waals surface area contributed by atoms with Crippen LogP contribution in [0.1, 0.15) is 38.5 Å². The Kier molecular flexibility index (Phi) is 5.97. The molecular weight excluding hydrogens is 454 g/mol. The van der Waals surface area contributed by atoms with Gasteiger partial charge in [0, 0.05) is 26.2 Å². The van der Waals surface area contributed by atoms with Crippen molar-refractivity contribution < 1.29 is 14.4 Å². The van der Waals surface area contributed by atoms with E-state index in [4.69, 9.17) is 0 Å². The zero-order chi connectivity index (χ0) is 20.8. The van der Waals surface area contributed by atoms with E-state index in [9.17, 15) is 14.4 Å². The highest BCUT2D eigenvalue weighted by Gasteiger charge is 2.55. The summed E-state index contributed by atoms with van der Waals surface area (Å²) in [5.41, 5.74) is -0.0975. The third-order valence-electron chi connectivity index (χ3n) is 7.32. The summed E-state index contributed by atoms with van der Waals surface area (Å²) in [5, 5.41) is 2.74. The number of carbonyl (C=O) groups is 3. The lowest BCUT2D eigenvalue weighted by atomic mass is 9.49. The van der Waals surface area contributed by atoms with Gasteiger partial charge in [-0.1, -0.05) is 0 Å². The van der Waals surface area contributed by atoms with Crippen molar-refractivity contribution in [3.63, 3.8) is 0 Å². The first kappa shape index (κ1) is 21.5. The van der Waals surface area contributed by atoms with E-state index in [1.54, 1.807) is 4.90 Å². The molecule has 0 aromatic rings. The largest absolute Gasteiger partial charge is 0.346 e. The van der Waals surface area contributed by atoms with Crippen LogP contribution in [0.15, 0.2) is 0 Å². The number of hydrogen-bond donors (Lipinski definition) is 1. The third-order valence-corrected chi connectivity index (χ3v) is 8.96. The van der Waals surface area contributed by atoms with Crippen LogP contribution in [-0.2, 0) is 14.4 Å². The van der Waals surface area contributed by atoms with Crippen molar-refractivity contribution in [1.29, 1.82) is 0 Å². The molecule has 1 saturated heterocycles. The molecule has 0 atom stereocenters. The van der Waals surface area contributed by atoms with Crippen molar-refractivity contribution in [1.82, 2.24) is 15.1 Å². The van der Waals surface area contributed by atoms with Gasteiger partial charge in [0.05, 0.1) is 17.7 Å².